The standard InChI is InChI=1S/C12H20O3/c1-11(2)10(13)8(7-15-11)9-5-4-6-12(9,3)14/h8-9,14H,4-7H2,1-3H3. The fraction of sp³-hybridized carbons (Fsp3) is 0.917. The fourth-order valence-electron chi connectivity index (χ4n) is 3.00. The zero-order valence-electron chi connectivity index (χ0n) is 9.75. The summed E-state index contributed by atoms with van der Waals surface area (Å²) in [6.45, 7) is 5.97. The molecule has 1 N–H and O–H groups in total. The van der Waals surface area contributed by atoms with Crippen LogP contribution in [0.3, 0.4) is 0 Å². The zero-order chi connectivity index (χ0) is 11.3. The first-order valence-corrected chi connectivity index (χ1v) is 5.75. The quantitative estimate of drug-likeness (QED) is 0.717. The summed E-state index contributed by atoms with van der Waals surface area (Å²) in [6, 6.07) is 0. The van der Waals surface area contributed by atoms with Gasteiger partial charge in [-0.05, 0) is 39.5 Å². The predicted molar refractivity (Wildman–Crippen MR) is 56.5 cm³/mol. The summed E-state index contributed by atoms with van der Waals surface area (Å²) in [6.07, 6.45) is 2.77. The van der Waals surface area contributed by atoms with Gasteiger partial charge >= 0.3 is 0 Å². The van der Waals surface area contributed by atoms with Crippen LogP contribution in [0.4, 0.5) is 0 Å². The Morgan fingerprint density at radius 1 is 1.40 bits per heavy atom. The molecule has 1 heterocycles. The molecule has 0 aromatic heterocycles. The van der Waals surface area contributed by atoms with Crippen LogP contribution in [0.15, 0.2) is 0 Å². The molecule has 3 atom stereocenters. The fourth-order valence-corrected chi connectivity index (χ4v) is 3.00. The number of ketones is 1. The molecule has 1 aliphatic carbocycles. The minimum absolute atomic E-state index is 0.0896. The first kappa shape index (κ1) is 11.1. The first-order valence-electron chi connectivity index (χ1n) is 5.75. The van der Waals surface area contributed by atoms with Crippen molar-refractivity contribution in [1.82, 2.24) is 0 Å². The van der Waals surface area contributed by atoms with E-state index in [9.17, 15) is 9.90 Å². The lowest BCUT2D eigenvalue weighted by molar-refractivity contribution is -0.132. The number of rotatable bonds is 1. The number of hydrogen-bond donors (Lipinski definition) is 1. The second kappa shape index (κ2) is 3.29. The monoisotopic (exact) mass is 212 g/mol. The van der Waals surface area contributed by atoms with Crippen LogP contribution in [-0.4, -0.2) is 28.7 Å². The summed E-state index contributed by atoms with van der Waals surface area (Å²) in [4.78, 5) is 12.1. The molecular formula is C12H20O3. The number of carbonyl (C=O) groups excluding carboxylic acids is 1. The molecule has 0 radical (unpaired) electrons. The molecule has 0 aromatic carbocycles. The van der Waals surface area contributed by atoms with Gasteiger partial charge < -0.3 is 9.84 Å². The summed E-state index contributed by atoms with van der Waals surface area (Å²) < 4.78 is 5.51. The lowest BCUT2D eigenvalue weighted by Crippen LogP contribution is -2.40. The van der Waals surface area contributed by atoms with E-state index in [1.165, 1.54) is 0 Å². The molecular weight excluding hydrogens is 192 g/mol. The van der Waals surface area contributed by atoms with Crippen LogP contribution in [0.2, 0.25) is 0 Å². The third kappa shape index (κ3) is 1.72. The van der Waals surface area contributed by atoms with Gasteiger partial charge in [0.25, 0.3) is 0 Å². The number of ether oxygens (including phenoxy) is 1. The van der Waals surface area contributed by atoms with Crippen molar-refractivity contribution in [3.05, 3.63) is 0 Å². The molecule has 1 saturated heterocycles. The van der Waals surface area contributed by atoms with Gasteiger partial charge in [0.2, 0.25) is 0 Å². The Morgan fingerprint density at radius 3 is 2.47 bits per heavy atom. The number of hydrogen-bond acceptors (Lipinski definition) is 3. The third-order valence-corrected chi connectivity index (χ3v) is 4.04. The van der Waals surface area contributed by atoms with E-state index in [0.717, 1.165) is 19.3 Å². The van der Waals surface area contributed by atoms with E-state index in [4.69, 9.17) is 4.74 Å². The minimum Gasteiger partial charge on any atom is -0.390 e. The molecule has 0 amide bonds. The Kier molecular flexibility index (Phi) is 2.43. The van der Waals surface area contributed by atoms with Crippen LogP contribution in [0.1, 0.15) is 40.0 Å². The van der Waals surface area contributed by atoms with Crippen molar-refractivity contribution in [3.8, 4) is 0 Å². The second-order valence-corrected chi connectivity index (χ2v) is 5.65. The van der Waals surface area contributed by atoms with Gasteiger partial charge in [-0.1, -0.05) is 6.42 Å². The molecule has 2 rings (SSSR count). The second-order valence-electron chi connectivity index (χ2n) is 5.65. The summed E-state index contributed by atoms with van der Waals surface area (Å²) in [5.41, 5.74) is -1.33. The van der Waals surface area contributed by atoms with Crippen LogP contribution in [0, 0.1) is 11.8 Å². The SMILES string of the molecule is CC1(C)OCC(C2CCCC2(C)O)C1=O. The molecule has 15 heavy (non-hydrogen) atoms. The highest BCUT2D eigenvalue weighted by molar-refractivity contribution is 5.90. The van der Waals surface area contributed by atoms with Gasteiger partial charge in [-0.2, -0.15) is 0 Å². The smallest absolute Gasteiger partial charge is 0.169 e. The van der Waals surface area contributed by atoms with Gasteiger partial charge in [0.1, 0.15) is 5.60 Å². The average Bonchev–Trinajstić information content (AvgIpc) is 2.56. The molecule has 3 unspecified atom stereocenters. The Balaban J connectivity index is 2.16. The predicted octanol–water partition coefficient (Wildman–Crippen LogP) is 1.53. The third-order valence-electron chi connectivity index (χ3n) is 4.04. The van der Waals surface area contributed by atoms with E-state index in [-0.39, 0.29) is 17.6 Å². The van der Waals surface area contributed by atoms with E-state index in [1.54, 1.807) is 0 Å². The van der Waals surface area contributed by atoms with Gasteiger partial charge in [-0.15, -0.1) is 0 Å². The largest absolute Gasteiger partial charge is 0.390 e. The number of Topliss-reactive ketones (excluding diaryl/α,β-unsaturated/α-hetero) is 1. The molecule has 0 bridgehead atoms. The van der Waals surface area contributed by atoms with Crippen molar-refractivity contribution < 1.29 is 14.6 Å². The summed E-state index contributed by atoms with van der Waals surface area (Å²) in [5.74, 6) is 0.152. The Labute approximate surface area is 90.8 Å². The molecule has 0 aromatic rings. The van der Waals surface area contributed by atoms with Gasteiger partial charge in [-0.25, -0.2) is 0 Å². The van der Waals surface area contributed by atoms with Crippen LogP contribution >= 0.6 is 0 Å². The summed E-state index contributed by atoms with van der Waals surface area (Å²) >= 11 is 0. The van der Waals surface area contributed by atoms with Crippen molar-refractivity contribution >= 4 is 5.78 Å². The number of aliphatic hydroxyl groups is 1. The van der Waals surface area contributed by atoms with Crippen LogP contribution in [0.5, 0.6) is 0 Å². The molecule has 0 spiro atoms. The average molecular weight is 212 g/mol. The van der Waals surface area contributed by atoms with Crippen molar-refractivity contribution in [2.75, 3.05) is 6.61 Å². The van der Waals surface area contributed by atoms with E-state index < -0.39 is 11.2 Å². The van der Waals surface area contributed by atoms with E-state index in [0.29, 0.717) is 6.61 Å². The maximum absolute atomic E-state index is 12.1. The molecule has 86 valence electrons. The zero-order valence-corrected chi connectivity index (χ0v) is 9.75. The molecule has 3 heteroatoms. The highest BCUT2D eigenvalue weighted by Gasteiger charge is 2.51. The van der Waals surface area contributed by atoms with Gasteiger partial charge in [-0.3, -0.25) is 4.79 Å². The maximum Gasteiger partial charge on any atom is 0.169 e. The molecule has 3 nitrogen and oxygen atoms in total. The number of carbonyl (C=O) groups is 1. The Hall–Kier alpha value is -0.410. The maximum atomic E-state index is 12.1. The van der Waals surface area contributed by atoms with Crippen molar-refractivity contribution in [2.24, 2.45) is 11.8 Å². The molecule has 1 saturated carbocycles. The van der Waals surface area contributed by atoms with Crippen LogP contribution in [0.25, 0.3) is 0 Å². The molecule has 2 aliphatic rings. The van der Waals surface area contributed by atoms with E-state index in [1.807, 2.05) is 20.8 Å². The Bertz CT molecular complexity index is 281. The van der Waals surface area contributed by atoms with Crippen LogP contribution in [-0.2, 0) is 9.53 Å². The van der Waals surface area contributed by atoms with E-state index >= 15 is 0 Å². The molecule has 1 aliphatic heterocycles. The van der Waals surface area contributed by atoms with Crippen molar-refractivity contribution in [3.63, 3.8) is 0 Å². The Morgan fingerprint density at radius 2 is 2.07 bits per heavy atom. The van der Waals surface area contributed by atoms with Crippen molar-refractivity contribution in [2.45, 2.75) is 51.2 Å². The minimum atomic E-state index is -0.676. The first-order chi connectivity index (χ1) is 6.84. The molecule has 2 fully saturated rings. The summed E-state index contributed by atoms with van der Waals surface area (Å²) in [7, 11) is 0. The van der Waals surface area contributed by atoms with E-state index in [2.05, 4.69) is 0 Å². The van der Waals surface area contributed by atoms with Crippen LogP contribution < -0.4 is 0 Å². The lowest BCUT2D eigenvalue weighted by Gasteiger charge is -2.29. The lowest BCUT2D eigenvalue weighted by atomic mass is 9.78. The normalized spacial score (nSPS) is 44.9. The highest BCUT2D eigenvalue weighted by Crippen LogP contribution is 2.44. The van der Waals surface area contributed by atoms with Gasteiger partial charge in [0.15, 0.2) is 5.78 Å². The summed E-state index contributed by atoms with van der Waals surface area (Å²) in [5, 5.41) is 10.2. The van der Waals surface area contributed by atoms with Gasteiger partial charge in [0, 0.05) is 5.92 Å². The van der Waals surface area contributed by atoms with Gasteiger partial charge in [0.05, 0.1) is 12.2 Å². The van der Waals surface area contributed by atoms with Crippen molar-refractivity contribution in [1.29, 1.82) is 0 Å². The highest BCUT2D eigenvalue weighted by atomic mass is 16.5. The topological polar surface area (TPSA) is 46.5 Å².